The molecular formula is C13H18FNS. The molecule has 2 rings (SSSR count). The van der Waals surface area contributed by atoms with Gasteiger partial charge in [0.1, 0.15) is 5.82 Å². The monoisotopic (exact) mass is 239 g/mol. The van der Waals surface area contributed by atoms with Crippen LogP contribution in [-0.4, -0.2) is 18.1 Å². The van der Waals surface area contributed by atoms with Gasteiger partial charge in [-0.2, -0.15) is 11.8 Å². The van der Waals surface area contributed by atoms with Crippen LogP contribution in [0.15, 0.2) is 24.3 Å². The maximum atomic E-state index is 13.2. The topological polar surface area (TPSA) is 12.0 Å². The Hall–Kier alpha value is -0.540. The van der Waals surface area contributed by atoms with Crippen LogP contribution in [-0.2, 0) is 0 Å². The summed E-state index contributed by atoms with van der Waals surface area (Å²) < 4.78 is 13.2. The first kappa shape index (κ1) is 11.9. The molecule has 16 heavy (non-hydrogen) atoms. The van der Waals surface area contributed by atoms with Crippen molar-refractivity contribution in [2.24, 2.45) is 0 Å². The van der Waals surface area contributed by atoms with Crippen LogP contribution in [0.3, 0.4) is 0 Å². The molecule has 0 aromatic heterocycles. The average Bonchev–Trinajstić information content (AvgIpc) is 2.31. The predicted octanol–water partition coefficient (Wildman–Crippen LogP) is 3.37. The predicted molar refractivity (Wildman–Crippen MR) is 68.3 cm³/mol. The molecule has 3 heteroatoms. The third-order valence-electron chi connectivity index (χ3n) is 3.11. The normalized spacial score (nSPS) is 23.0. The van der Waals surface area contributed by atoms with E-state index in [1.807, 2.05) is 24.9 Å². The van der Waals surface area contributed by atoms with Crippen LogP contribution in [0.25, 0.3) is 0 Å². The minimum atomic E-state index is -0.140. The van der Waals surface area contributed by atoms with E-state index in [2.05, 4.69) is 5.32 Å². The minimum Gasteiger partial charge on any atom is -0.312 e. The van der Waals surface area contributed by atoms with Gasteiger partial charge in [0.15, 0.2) is 0 Å². The van der Waals surface area contributed by atoms with Crippen LogP contribution in [0.1, 0.15) is 30.9 Å². The molecule has 1 aromatic carbocycles. The lowest BCUT2D eigenvalue weighted by Crippen LogP contribution is -2.29. The Morgan fingerprint density at radius 2 is 2.31 bits per heavy atom. The molecule has 1 nitrogen and oxygen atoms in total. The van der Waals surface area contributed by atoms with Crippen molar-refractivity contribution < 1.29 is 4.39 Å². The fourth-order valence-corrected chi connectivity index (χ4v) is 3.79. The first-order valence-electron chi connectivity index (χ1n) is 5.85. The van der Waals surface area contributed by atoms with Crippen molar-refractivity contribution >= 4 is 11.8 Å². The smallest absolute Gasteiger partial charge is 0.123 e. The fraction of sp³-hybridized carbons (Fsp3) is 0.538. The van der Waals surface area contributed by atoms with Gasteiger partial charge in [0, 0.05) is 11.3 Å². The van der Waals surface area contributed by atoms with Crippen LogP contribution in [0, 0.1) is 5.82 Å². The molecular weight excluding hydrogens is 221 g/mol. The molecule has 1 saturated heterocycles. The van der Waals surface area contributed by atoms with Gasteiger partial charge < -0.3 is 5.32 Å². The lowest BCUT2D eigenvalue weighted by molar-refractivity contribution is 0.512. The highest BCUT2D eigenvalue weighted by molar-refractivity contribution is 8.00. The van der Waals surface area contributed by atoms with Crippen molar-refractivity contribution in [2.75, 3.05) is 12.8 Å². The summed E-state index contributed by atoms with van der Waals surface area (Å²) in [6.07, 6.45) is 3.85. The van der Waals surface area contributed by atoms with Crippen molar-refractivity contribution in [3.8, 4) is 0 Å². The summed E-state index contributed by atoms with van der Waals surface area (Å²) in [6, 6.07) is 7.24. The summed E-state index contributed by atoms with van der Waals surface area (Å²) in [6.45, 7) is 0. The average molecular weight is 239 g/mol. The zero-order valence-corrected chi connectivity index (χ0v) is 10.4. The second-order valence-corrected chi connectivity index (χ2v) is 5.57. The zero-order chi connectivity index (χ0) is 11.4. The highest BCUT2D eigenvalue weighted by Gasteiger charge is 2.24. The van der Waals surface area contributed by atoms with Gasteiger partial charge in [-0.1, -0.05) is 18.6 Å². The van der Waals surface area contributed by atoms with E-state index in [0.29, 0.717) is 5.25 Å². The van der Waals surface area contributed by atoms with Gasteiger partial charge in [0.25, 0.3) is 0 Å². The van der Waals surface area contributed by atoms with E-state index in [9.17, 15) is 4.39 Å². The summed E-state index contributed by atoms with van der Waals surface area (Å²) in [5, 5.41) is 3.91. The molecule has 0 aliphatic carbocycles. The lowest BCUT2D eigenvalue weighted by Gasteiger charge is -2.29. The van der Waals surface area contributed by atoms with E-state index in [1.165, 1.54) is 31.1 Å². The Labute approximate surface area is 101 Å². The summed E-state index contributed by atoms with van der Waals surface area (Å²) in [5.41, 5.74) is 1.07. The van der Waals surface area contributed by atoms with E-state index in [1.54, 1.807) is 12.1 Å². The number of halogens is 1. The minimum absolute atomic E-state index is 0.140. The highest BCUT2D eigenvalue weighted by Crippen LogP contribution is 2.34. The molecule has 1 aromatic rings. The summed E-state index contributed by atoms with van der Waals surface area (Å²) in [5.74, 6) is 1.09. The Kier molecular flexibility index (Phi) is 4.24. The third-order valence-corrected chi connectivity index (χ3v) is 4.57. The summed E-state index contributed by atoms with van der Waals surface area (Å²) >= 11 is 2.01. The van der Waals surface area contributed by atoms with Crippen molar-refractivity contribution in [2.45, 2.75) is 30.6 Å². The standard InChI is InChI=1S/C13H18FNS/c1-15-13(12-7-2-3-8-16-12)10-5-4-6-11(14)9-10/h4-6,9,12-13,15H,2-3,7-8H2,1H3. The molecule has 2 unspecified atom stereocenters. The van der Waals surface area contributed by atoms with Crippen molar-refractivity contribution in [1.29, 1.82) is 0 Å². The van der Waals surface area contributed by atoms with Crippen molar-refractivity contribution in [3.05, 3.63) is 35.6 Å². The molecule has 0 radical (unpaired) electrons. The Bertz CT molecular complexity index is 336. The van der Waals surface area contributed by atoms with Gasteiger partial charge in [0.2, 0.25) is 0 Å². The first-order chi connectivity index (χ1) is 7.81. The van der Waals surface area contributed by atoms with E-state index < -0.39 is 0 Å². The number of thioether (sulfide) groups is 1. The number of nitrogens with one attached hydrogen (secondary N) is 1. The fourth-order valence-electron chi connectivity index (χ4n) is 2.30. The molecule has 1 aliphatic heterocycles. The number of rotatable bonds is 3. The van der Waals surface area contributed by atoms with E-state index in [-0.39, 0.29) is 11.9 Å². The van der Waals surface area contributed by atoms with Crippen LogP contribution >= 0.6 is 11.8 Å². The quantitative estimate of drug-likeness (QED) is 0.868. The highest BCUT2D eigenvalue weighted by atomic mass is 32.2. The number of hydrogen-bond donors (Lipinski definition) is 1. The Morgan fingerprint density at radius 3 is 2.94 bits per heavy atom. The van der Waals surface area contributed by atoms with Crippen molar-refractivity contribution in [3.63, 3.8) is 0 Å². The SMILES string of the molecule is CNC(c1cccc(F)c1)C1CCCCS1. The molecule has 2 atom stereocenters. The molecule has 0 spiro atoms. The van der Waals surface area contributed by atoms with Crippen molar-refractivity contribution in [1.82, 2.24) is 5.32 Å². The van der Waals surface area contributed by atoms with Gasteiger partial charge in [-0.05, 0) is 43.3 Å². The first-order valence-corrected chi connectivity index (χ1v) is 6.90. The third kappa shape index (κ3) is 2.77. The van der Waals surface area contributed by atoms with Crippen LogP contribution < -0.4 is 5.32 Å². The molecule has 0 saturated carbocycles. The van der Waals surface area contributed by atoms with Gasteiger partial charge in [-0.25, -0.2) is 4.39 Å². The summed E-state index contributed by atoms with van der Waals surface area (Å²) in [7, 11) is 1.96. The Morgan fingerprint density at radius 1 is 1.44 bits per heavy atom. The zero-order valence-electron chi connectivity index (χ0n) is 9.58. The molecule has 1 N–H and O–H groups in total. The molecule has 88 valence electrons. The van der Waals surface area contributed by atoms with E-state index in [0.717, 1.165) is 5.56 Å². The largest absolute Gasteiger partial charge is 0.312 e. The second-order valence-electron chi connectivity index (χ2n) is 4.23. The summed E-state index contributed by atoms with van der Waals surface area (Å²) in [4.78, 5) is 0. The van der Waals surface area contributed by atoms with Crippen LogP contribution in [0.4, 0.5) is 4.39 Å². The number of hydrogen-bond acceptors (Lipinski definition) is 2. The molecule has 0 bridgehead atoms. The van der Waals surface area contributed by atoms with Gasteiger partial charge in [0.05, 0.1) is 0 Å². The van der Waals surface area contributed by atoms with E-state index >= 15 is 0 Å². The molecule has 0 amide bonds. The van der Waals surface area contributed by atoms with Crippen LogP contribution in [0.5, 0.6) is 0 Å². The second kappa shape index (κ2) is 5.69. The maximum absolute atomic E-state index is 13.2. The Balaban J connectivity index is 2.14. The molecule has 1 heterocycles. The molecule has 1 fully saturated rings. The van der Waals surface area contributed by atoms with Crippen LogP contribution in [0.2, 0.25) is 0 Å². The lowest BCUT2D eigenvalue weighted by atomic mass is 9.99. The maximum Gasteiger partial charge on any atom is 0.123 e. The molecule has 1 aliphatic rings. The number of benzene rings is 1. The van der Waals surface area contributed by atoms with Gasteiger partial charge in [-0.3, -0.25) is 0 Å². The van der Waals surface area contributed by atoms with E-state index in [4.69, 9.17) is 0 Å². The van der Waals surface area contributed by atoms with Gasteiger partial charge >= 0.3 is 0 Å². The van der Waals surface area contributed by atoms with Gasteiger partial charge in [-0.15, -0.1) is 0 Å².